The summed E-state index contributed by atoms with van der Waals surface area (Å²) in [7, 11) is 0. The normalized spacial score (nSPS) is 12.5. The molecule has 0 radical (unpaired) electrons. The first-order valence-corrected chi connectivity index (χ1v) is 5.09. The van der Waals surface area contributed by atoms with Gasteiger partial charge < -0.3 is 10.8 Å². The van der Waals surface area contributed by atoms with Gasteiger partial charge in [0, 0.05) is 9.50 Å². The van der Waals surface area contributed by atoms with Gasteiger partial charge in [0.25, 0.3) is 0 Å². The number of nitrogens with two attached hydrogens (primary N) is 1. The fourth-order valence-corrected chi connectivity index (χ4v) is 2.00. The summed E-state index contributed by atoms with van der Waals surface area (Å²) < 4.78 is 0.817. The van der Waals surface area contributed by atoms with Crippen molar-refractivity contribution in [3.63, 3.8) is 0 Å². The first kappa shape index (κ1) is 11.5. The van der Waals surface area contributed by atoms with E-state index in [9.17, 15) is 4.79 Å². The van der Waals surface area contributed by atoms with E-state index in [-0.39, 0.29) is 6.42 Å². The van der Waals surface area contributed by atoms with Gasteiger partial charge in [-0.15, -0.1) is 0 Å². The summed E-state index contributed by atoms with van der Waals surface area (Å²) in [5, 5.41) is 9.17. The van der Waals surface area contributed by atoms with Crippen LogP contribution in [-0.4, -0.2) is 17.1 Å². The second kappa shape index (κ2) is 4.77. The summed E-state index contributed by atoms with van der Waals surface area (Å²) >= 11 is 9.06. The highest BCUT2D eigenvalue weighted by Crippen LogP contribution is 2.20. The van der Waals surface area contributed by atoms with E-state index in [0.717, 1.165) is 10.0 Å². The smallest absolute Gasteiger partial charge is 0.320 e. The number of hydrogen-bond donors (Lipinski definition) is 2. The lowest BCUT2D eigenvalue weighted by molar-refractivity contribution is -0.138. The number of carbonyl (C=O) groups is 1. The summed E-state index contributed by atoms with van der Waals surface area (Å²) in [6.45, 7) is 0. The van der Waals surface area contributed by atoms with Gasteiger partial charge in [-0.1, -0.05) is 27.5 Å². The molecule has 1 aromatic rings. The maximum atomic E-state index is 10.5. The second-order valence-corrected chi connectivity index (χ2v) is 4.28. The summed E-state index contributed by atoms with van der Waals surface area (Å²) in [5.41, 5.74) is 6.20. The quantitative estimate of drug-likeness (QED) is 0.889. The molecular formula is C9H9BrClNO2. The molecule has 0 saturated heterocycles. The van der Waals surface area contributed by atoms with Crippen molar-refractivity contribution >= 4 is 33.5 Å². The average molecular weight is 279 g/mol. The molecule has 1 rings (SSSR count). The van der Waals surface area contributed by atoms with Crippen LogP contribution in [0, 0.1) is 0 Å². The van der Waals surface area contributed by atoms with E-state index in [1.165, 1.54) is 0 Å². The highest BCUT2D eigenvalue weighted by molar-refractivity contribution is 9.10. The zero-order valence-electron chi connectivity index (χ0n) is 7.21. The van der Waals surface area contributed by atoms with Gasteiger partial charge in [-0.05, 0) is 30.2 Å². The van der Waals surface area contributed by atoms with Crippen LogP contribution in [0.4, 0.5) is 0 Å². The maximum absolute atomic E-state index is 10.5. The van der Waals surface area contributed by atoms with Gasteiger partial charge in [0.15, 0.2) is 0 Å². The number of benzene rings is 1. The molecule has 0 heterocycles. The lowest BCUT2D eigenvalue weighted by atomic mass is 10.1. The summed E-state index contributed by atoms with van der Waals surface area (Å²) in [5.74, 6) is -1.01. The van der Waals surface area contributed by atoms with Crippen LogP contribution in [0.5, 0.6) is 0 Å². The Morgan fingerprint density at radius 3 is 2.71 bits per heavy atom. The van der Waals surface area contributed by atoms with E-state index in [0.29, 0.717) is 5.02 Å². The fraction of sp³-hybridized carbons (Fsp3) is 0.222. The number of hydrogen-bond acceptors (Lipinski definition) is 2. The standard InChI is InChI=1S/C9H9BrClNO2/c10-6-1-5(2-7(11)4-6)3-8(12)9(13)14/h1-2,4,8H,3,12H2,(H,13,14). The number of rotatable bonds is 3. The Kier molecular flexibility index (Phi) is 3.92. The molecule has 76 valence electrons. The second-order valence-electron chi connectivity index (χ2n) is 2.93. The van der Waals surface area contributed by atoms with Gasteiger partial charge >= 0.3 is 5.97 Å². The molecule has 3 N–H and O–H groups in total. The molecule has 0 saturated carbocycles. The summed E-state index contributed by atoms with van der Waals surface area (Å²) in [6, 6.07) is 4.35. The molecule has 0 spiro atoms. The minimum atomic E-state index is -1.01. The minimum absolute atomic E-state index is 0.272. The molecule has 5 heteroatoms. The molecule has 1 atom stereocenters. The van der Waals surface area contributed by atoms with Crippen molar-refractivity contribution in [2.45, 2.75) is 12.5 Å². The topological polar surface area (TPSA) is 63.3 Å². The van der Waals surface area contributed by atoms with Gasteiger partial charge in [-0.2, -0.15) is 0 Å². The predicted molar refractivity (Wildman–Crippen MR) is 58.5 cm³/mol. The number of halogens is 2. The SMILES string of the molecule is NC(Cc1cc(Cl)cc(Br)c1)C(=O)O. The Bertz CT molecular complexity index is 336. The van der Waals surface area contributed by atoms with E-state index >= 15 is 0 Å². The Hall–Kier alpha value is -0.580. The molecule has 1 unspecified atom stereocenters. The van der Waals surface area contributed by atoms with E-state index in [1.54, 1.807) is 18.2 Å². The number of carboxylic acid groups (broad SMARTS) is 1. The fourth-order valence-electron chi connectivity index (χ4n) is 1.07. The van der Waals surface area contributed by atoms with Crippen molar-refractivity contribution < 1.29 is 9.90 Å². The van der Waals surface area contributed by atoms with Crippen LogP contribution >= 0.6 is 27.5 Å². The molecular weight excluding hydrogens is 269 g/mol. The van der Waals surface area contributed by atoms with Crippen LogP contribution in [0.25, 0.3) is 0 Å². The lowest BCUT2D eigenvalue weighted by Crippen LogP contribution is -2.32. The molecule has 0 aromatic heterocycles. The highest BCUT2D eigenvalue weighted by Gasteiger charge is 2.12. The molecule has 0 bridgehead atoms. The van der Waals surface area contributed by atoms with Crippen molar-refractivity contribution in [2.24, 2.45) is 5.73 Å². The predicted octanol–water partition coefficient (Wildman–Crippen LogP) is 2.06. The van der Waals surface area contributed by atoms with Crippen LogP contribution in [0.3, 0.4) is 0 Å². The third-order valence-electron chi connectivity index (χ3n) is 1.70. The highest BCUT2D eigenvalue weighted by atomic mass is 79.9. The lowest BCUT2D eigenvalue weighted by Gasteiger charge is -2.07. The van der Waals surface area contributed by atoms with Crippen molar-refractivity contribution in [1.29, 1.82) is 0 Å². The van der Waals surface area contributed by atoms with Crippen LogP contribution in [-0.2, 0) is 11.2 Å². The van der Waals surface area contributed by atoms with Crippen LogP contribution < -0.4 is 5.73 Å². The van der Waals surface area contributed by atoms with E-state index in [4.69, 9.17) is 22.4 Å². The zero-order valence-corrected chi connectivity index (χ0v) is 9.55. The van der Waals surface area contributed by atoms with Gasteiger partial charge in [-0.3, -0.25) is 4.79 Å². The monoisotopic (exact) mass is 277 g/mol. The first-order chi connectivity index (χ1) is 6.49. The Labute approximate surface area is 95.0 Å². The number of carboxylic acids is 1. The molecule has 3 nitrogen and oxygen atoms in total. The van der Waals surface area contributed by atoms with Crippen molar-refractivity contribution in [3.8, 4) is 0 Å². The average Bonchev–Trinajstić information content (AvgIpc) is 2.01. The Morgan fingerprint density at radius 2 is 2.21 bits per heavy atom. The van der Waals surface area contributed by atoms with E-state index in [2.05, 4.69) is 15.9 Å². The molecule has 0 aliphatic rings. The number of aliphatic carboxylic acids is 1. The van der Waals surface area contributed by atoms with Crippen LogP contribution in [0.1, 0.15) is 5.56 Å². The van der Waals surface area contributed by atoms with Crippen molar-refractivity contribution in [2.75, 3.05) is 0 Å². The molecule has 0 amide bonds. The zero-order chi connectivity index (χ0) is 10.7. The van der Waals surface area contributed by atoms with E-state index < -0.39 is 12.0 Å². The van der Waals surface area contributed by atoms with E-state index in [1.807, 2.05) is 0 Å². The summed E-state index contributed by atoms with van der Waals surface area (Å²) in [6.07, 6.45) is 0.272. The van der Waals surface area contributed by atoms with Gasteiger partial charge in [0.1, 0.15) is 6.04 Å². The third kappa shape index (κ3) is 3.29. The van der Waals surface area contributed by atoms with Crippen molar-refractivity contribution in [3.05, 3.63) is 33.3 Å². The van der Waals surface area contributed by atoms with Gasteiger partial charge in [0.2, 0.25) is 0 Å². The Balaban J connectivity index is 2.81. The maximum Gasteiger partial charge on any atom is 0.320 e. The molecule has 0 fully saturated rings. The molecule has 14 heavy (non-hydrogen) atoms. The summed E-state index contributed by atoms with van der Waals surface area (Å²) in [4.78, 5) is 10.5. The molecule has 0 aliphatic carbocycles. The minimum Gasteiger partial charge on any atom is -0.480 e. The van der Waals surface area contributed by atoms with Gasteiger partial charge in [0.05, 0.1) is 0 Å². The molecule has 1 aromatic carbocycles. The van der Waals surface area contributed by atoms with Crippen LogP contribution in [0.15, 0.2) is 22.7 Å². The first-order valence-electron chi connectivity index (χ1n) is 3.92. The molecule has 0 aliphatic heterocycles. The van der Waals surface area contributed by atoms with Gasteiger partial charge in [-0.25, -0.2) is 0 Å². The Morgan fingerprint density at radius 1 is 1.57 bits per heavy atom. The van der Waals surface area contributed by atoms with Crippen molar-refractivity contribution in [1.82, 2.24) is 0 Å². The third-order valence-corrected chi connectivity index (χ3v) is 2.37. The largest absolute Gasteiger partial charge is 0.480 e. The van der Waals surface area contributed by atoms with Crippen LogP contribution in [0.2, 0.25) is 5.02 Å².